The summed E-state index contributed by atoms with van der Waals surface area (Å²) in [6.45, 7) is 0. The van der Waals surface area contributed by atoms with Gasteiger partial charge >= 0.3 is 0 Å². The van der Waals surface area contributed by atoms with Crippen LogP contribution in [0.5, 0.6) is 5.75 Å². The van der Waals surface area contributed by atoms with Gasteiger partial charge in [0.15, 0.2) is 11.6 Å². The van der Waals surface area contributed by atoms with E-state index in [1.807, 2.05) is 0 Å². The van der Waals surface area contributed by atoms with Gasteiger partial charge in [0.2, 0.25) is 0 Å². The Labute approximate surface area is 96.2 Å². The number of nitrogens with two attached hydrogens (primary N) is 1. The van der Waals surface area contributed by atoms with Crippen LogP contribution >= 0.6 is 11.6 Å². The molecule has 0 bridgehead atoms. The summed E-state index contributed by atoms with van der Waals surface area (Å²) in [5, 5.41) is 6.62. The lowest BCUT2D eigenvalue weighted by Crippen LogP contribution is -1.94. The molecule has 1 aromatic heterocycles. The number of anilines is 1. The van der Waals surface area contributed by atoms with E-state index in [9.17, 15) is 4.39 Å². The van der Waals surface area contributed by atoms with Crippen molar-refractivity contribution in [1.29, 1.82) is 0 Å². The number of aromatic nitrogens is 2. The fourth-order valence-electron chi connectivity index (χ4n) is 1.42. The van der Waals surface area contributed by atoms with Crippen LogP contribution in [0.4, 0.5) is 10.2 Å². The van der Waals surface area contributed by atoms with E-state index >= 15 is 0 Å². The quantitative estimate of drug-likeness (QED) is 0.849. The second-order valence-corrected chi connectivity index (χ2v) is 3.60. The van der Waals surface area contributed by atoms with Crippen molar-refractivity contribution in [2.75, 3.05) is 12.8 Å². The van der Waals surface area contributed by atoms with Gasteiger partial charge in [0, 0.05) is 22.2 Å². The molecule has 0 amide bonds. The Kier molecular flexibility index (Phi) is 2.70. The number of nitrogen functional groups attached to an aromatic ring is 1. The number of hydrogen-bond acceptors (Lipinski definition) is 3. The maximum atomic E-state index is 13.9. The Balaban J connectivity index is 2.65. The molecule has 6 heteroatoms. The number of halogens is 2. The standard InChI is InChI=1S/C10H9ClFN3O/c1-16-8-3-5(11)2-6(9(8)12)7-4-14-15-10(7)13/h2-4H,1H3,(H3,13,14,15). The molecule has 0 atom stereocenters. The van der Waals surface area contributed by atoms with E-state index in [1.165, 1.54) is 25.4 Å². The van der Waals surface area contributed by atoms with Gasteiger partial charge in [-0.3, -0.25) is 5.10 Å². The molecule has 16 heavy (non-hydrogen) atoms. The summed E-state index contributed by atoms with van der Waals surface area (Å²) < 4.78 is 18.8. The van der Waals surface area contributed by atoms with E-state index < -0.39 is 5.82 Å². The zero-order valence-electron chi connectivity index (χ0n) is 8.42. The maximum absolute atomic E-state index is 13.9. The van der Waals surface area contributed by atoms with Crippen LogP contribution in [0.3, 0.4) is 0 Å². The molecule has 4 nitrogen and oxygen atoms in total. The van der Waals surface area contributed by atoms with Crippen molar-refractivity contribution in [3.05, 3.63) is 29.2 Å². The first-order valence-electron chi connectivity index (χ1n) is 4.45. The second kappa shape index (κ2) is 4.02. The highest BCUT2D eigenvalue weighted by molar-refractivity contribution is 6.31. The number of H-pyrrole nitrogens is 1. The van der Waals surface area contributed by atoms with Crippen molar-refractivity contribution in [2.24, 2.45) is 0 Å². The Bertz CT molecular complexity index is 527. The third-order valence-corrected chi connectivity index (χ3v) is 2.40. The van der Waals surface area contributed by atoms with Crippen LogP contribution in [-0.4, -0.2) is 17.3 Å². The number of hydrogen-bond donors (Lipinski definition) is 2. The minimum atomic E-state index is -0.514. The van der Waals surface area contributed by atoms with Gasteiger partial charge in [0.1, 0.15) is 5.82 Å². The third kappa shape index (κ3) is 1.69. The Morgan fingerprint density at radius 3 is 2.75 bits per heavy atom. The molecule has 84 valence electrons. The van der Waals surface area contributed by atoms with Gasteiger partial charge in [-0.25, -0.2) is 4.39 Å². The predicted molar refractivity (Wildman–Crippen MR) is 60.0 cm³/mol. The van der Waals surface area contributed by atoms with Crippen molar-refractivity contribution >= 4 is 17.4 Å². The van der Waals surface area contributed by atoms with E-state index in [0.717, 1.165) is 0 Å². The first-order chi connectivity index (χ1) is 7.63. The summed E-state index contributed by atoms with van der Waals surface area (Å²) >= 11 is 5.85. The highest BCUT2D eigenvalue weighted by atomic mass is 35.5. The molecule has 2 rings (SSSR count). The lowest BCUT2D eigenvalue weighted by atomic mass is 10.1. The molecule has 0 radical (unpaired) electrons. The van der Waals surface area contributed by atoms with E-state index in [2.05, 4.69) is 10.2 Å². The Morgan fingerprint density at radius 1 is 1.44 bits per heavy atom. The average molecular weight is 242 g/mol. The third-order valence-electron chi connectivity index (χ3n) is 2.18. The smallest absolute Gasteiger partial charge is 0.173 e. The molecule has 3 N–H and O–H groups in total. The minimum absolute atomic E-state index is 0.0723. The highest BCUT2D eigenvalue weighted by Crippen LogP contribution is 2.34. The summed E-state index contributed by atoms with van der Waals surface area (Å²) in [6.07, 6.45) is 1.43. The van der Waals surface area contributed by atoms with Crippen LogP contribution in [0.2, 0.25) is 5.02 Å². The summed E-state index contributed by atoms with van der Waals surface area (Å²) in [6, 6.07) is 2.87. The monoisotopic (exact) mass is 241 g/mol. The van der Waals surface area contributed by atoms with Crippen molar-refractivity contribution in [3.8, 4) is 16.9 Å². The number of nitrogens with one attached hydrogen (secondary N) is 1. The number of rotatable bonds is 2. The van der Waals surface area contributed by atoms with E-state index in [4.69, 9.17) is 22.1 Å². The zero-order chi connectivity index (χ0) is 11.7. The lowest BCUT2D eigenvalue weighted by molar-refractivity contribution is 0.387. The molecule has 0 spiro atoms. The number of benzene rings is 1. The Morgan fingerprint density at radius 2 is 2.19 bits per heavy atom. The van der Waals surface area contributed by atoms with E-state index in [-0.39, 0.29) is 17.1 Å². The SMILES string of the molecule is COc1cc(Cl)cc(-c2cn[nH]c2N)c1F. The molecule has 1 aromatic carbocycles. The van der Waals surface area contributed by atoms with Crippen LogP contribution < -0.4 is 10.5 Å². The molecule has 0 saturated carbocycles. The predicted octanol–water partition coefficient (Wildman–Crippen LogP) is 2.46. The summed E-state index contributed by atoms with van der Waals surface area (Å²) in [5.74, 6) is -0.161. The highest BCUT2D eigenvalue weighted by Gasteiger charge is 2.15. The second-order valence-electron chi connectivity index (χ2n) is 3.17. The van der Waals surface area contributed by atoms with Crippen molar-refractivity contribution in [3.63, 3.8) is 0 Å². The van der Waals surface area contributed by atoms with Crippen LogP contribution in [0.15, 0.2) is 18.3 Å². The molecule has 0 aliphatic carbocycles. The van der Waals surface area contributed by atoms with Crippen molar-refractivity contribution < 1.29 is 9.13 Å². The summed E-state index contributed by atoms with van der Waals surface area (Å²) in [7, 11) is 1.37. The lowest BCUT2D eigenvalue weighted by Gasteiger charge is -2.07. The molecule has 0 aliphatic heterocycles. The molecule has 2 aromatic rings. The number of ether oxygens (including phenoxy) is 1. The Hall–Kier alpha value is -1.75. The first-order valence-corrected chi connectivity index (χ1v) is 4.83. The van der Waals surface area contributed by atoms with E-state index in [1.54, 1.807) is 0 Å². The van der Waals surface area contributed by atoms with Gasteiger partial charge in [0.25, 0.3) is 0 Å². The number of methoxy groups -OCH3 is 1. The normalized spacial score (nSPS) is 10.4. The van der Waals surface area contributed by atoms with Crippen molar-refractivity contribution in [1.82, 2.24) is 10.2 Å². The van der Waals surface area contributed by atoms with Gasteiger partial charge < -0.3 is 10.5 Å². The summed E-state index contributed by atoms with van der Waals surface area (Å²) in [5.41, 5.74) is 6.33. The van der Waals surface area contributed by atoms with Gasteiger partial charge in [0.05, 0.1) is 13.3 Å². The molecule has 0 unspecified atom stereocenters. The minimum Gasteiger partial charge on any atom is -0.494 e. The van der Waals surface area contributed by atoms with E-state index in [0.29, 0.717) is 10.6 Å². The molecule has 0 fully saturated rings. The number of nitrogens with zero attached hydrogens (tertiary/aromatic N) is 1. The van der Waals surface area contributed by atoms with Gasteiger partial charge in [-0.05, 0) is 6.07 Å². The van der Waals surface area contributed by atoms with Crippen molar-refractivity contribution in [2.45, 2.75) is 0 Å². The molecule has 1 heterocycles. The van der Waals surface area contributed by atoms with Gasteiger partial charge in [-0.1, -0.05) is 11.6 Å². The number of aromatic amines is 1. The summed E-state index contributed by atoms with van der Waals surface area (Å²) in [4.78, 5) is 0. The fourth-order valence-corrected chi connectivity index (χ4v) is 1.63. The van der Waals surface area contributed by atoms with Gasteiger partial charge in [-0.2, -0.15) is 5.10 Å². The fraction of sp³-hybridized carbons (Fsp3) is 0.100. The first kappa shape index (κ1) is 10.8. The van der Waals surface area contributed by atoms with Crippen LogP contribution in [-0.2, 0) is 0 Å². The molecular weight excluding hydrogens is 233 g/mol. The van der Waals surface area contributed by atoms with Crippen LogP contribution in [0, 0.1) is 5.82 Å². The molecular formula is C10H9ClFN3O. The zero-order valence-corrected chi connectivity index (χ0v) is 9.18. The maximum Gasteiger partial charge on any atom is 0.173 e. The largest absolute Gasteiger partial charge is 0.494 e. The molecule has 0 saturated heterocycles. The molecule has 0 aliphatic rings. The average Bonchev–Trinajstić information content (AvgIpc) is 2.67. The van der Waals surface area contributed by atoms with Crippen LogP contribution in [0.1, 0.15) is 0 Å². The topological polar surface area (TPSA) is 63.9 Å². The van der Waals surface area contributed by atoms with Crippen LogP contribution in [0.25, 0.3) is 11.1 Å². The van der Waals surface area contributed by atoms with Gasteiger partial charge in [-0.15, -0.1) is 0 Å².